The molecule has 1 aromatic heterocycles. The molecule has 0 amide bonds. The summed E-state index contributed by atoms with van der Waals surface area (Å²) in [6, 6.07) is 16.7. The maximum atomic E-state index is 11.3. The average molecular weight is 361 g/mol. The van der Waals surface area contributed by atoms with E-state index in [4.69, 9.17) is 4.74 Å². The molecule has 5 heteroatoms. The number of carbonyl (C=O) groups excluding carboxylic acids is 1. The smallest absolute Gasteiger partial charge is 0.305 e. The van der Waals surface area contributed by atoms with Crippen molar-refractivity contribution in [3.63, 3.8) is 0 Å². The van der Waals surface area contributed by atoms with E-state index in [-0.39, 0.29) is 5.97 Å². The van der Waals surface area contributed by atoms with Crippen LogP contribution < -0.4 is 5.32 Å². The number of hydrogen-bond donors (Lipinski definition) is 1. The molecule has 2 aromatic carbocycles. The summed E-state index contributed by atoms with van der Waals surface area (Å²) in [4.78, 5) is 19.4. The minimum absolute atomic E-state index is 0.177. The molecule has 0 spiro atoms. The molecule has 0 aliphatic heterocycles. The first-order chi connectivity index (χ1) is 13.2. The lowest BCUT2D eigenvalue weighted by Gasteiger charge is -2.08. The summed E-state index contributed by atoms with van der Waals surface area (Å²) < 4.78 is 4.69. The molecule has 1 heterocycles. The van der Waals surface area contributed by atoms with E-state index in [9.17, 15) is 4.79 Å². The van der Waals surface area contributed by atoms with Crippen molar-refractivity contribution in [3.8, 4) is 11.1 Å². The molecule has 0 unspecified atom stereocenters. The number of benzene rings is 2. The lowest BCUT2D eigenvalue weighted by molar-refractivity contribution is -0.140. The maximum absolute atomic E-state index is 11.3. The number of esters is 1. The van der Waals surface area contributed by atoms with Crippen molar-refractivity contribution < 1.29 is 9.53 Å². The van der Waals surface area contributed by atoms with Gasteiger partial charge >= 0.3 is 5.97 Å². The predicted octanol–water partition coefficient (Wildman–Crippen LogP) is 3.54. The van der Waals surface area contributed by atoms with E-state index >= 15 is 0 Å². The Labute approximate surface area is 159 Å². The number of ether oxygens (including phenoxy) is 1. The van der Waals surface area contributed by atoms with Crippen molar-refractivity contribution in [2.75, 3.05) is 7.11 Å². The van der Waals surface area contributed by atoms with E-state index in [2.05, 4.69) is 51.7 Å². The van der Waals surface area contributed by atoms with Gasteiger partial charge in [-0.3, -0.25) is 4.79 Å². The fourth-order valence-corrected chi connectivity index (χ4v) is 2.86. The topological polar surface area (TPSA) is 64.1 Å². The number of hydrogen-bond acceptors (Lipinski definition) is 5. The van der Waals surface area contributed by atoms with Crippen LogP contribution in [0.3, 0.4) is 0 Å². The van der Waals surface area contributed by atoms with Gasteiger partial charge in [-0.15, -0.1) is 0 Å². The first-order valence-corrected chi connectivity index (χ1v) is 8.94. The normalized spacial score (nSPS) is 10.6. The van der Waals surface area contributed by atoms with Crippen LogP contribution >= 0.6 is 0 Å². The second-order valence-electron chi connectivity index (χ2n) is 6.32. The monoisotopic (exact) mass is 361 g/mol. The number of rotatable bonds is 8. The minimum Gasteiger partial charge on any atom is -0.469 e. The van der Waals surface area contributed by atoms with Crippen molar-refractivity contribution >= 4 is 5.97 Å². The van der Waals surface area contributed by atoms with Gasteiger partial charge < -0.3 is 10.1 Å². The summed E-state index contributed by atoms with van der Waals surface area (Å²) in [6.07, 6.45) is 6.27. The largest absolute Gasteiger partial charge is 0.469 e. The Morgan fingerprint density at radius 1 is 0.926 bits per heavy atom. The zero-order chi connectivity index (χ0) is 18.9. The molecule has 27 heavy (non-hydrogen) atoms. The number of nitrogens with one attached hydrogen (secondary N) is 1. The summed E-state index contributed by atoms with van der Waals surface area (Å²) >= 11 is 0. The molecule has 1 N–H and O–H groups in total. The zero-order valence-corrected chi connectivity index (χ0v) is 15.4. The van der Waals surface area contributed by atoms with Crippen LogP contribution in [0.4, 0.5) is 0 Å². The highest BCUT2D eigenvalue weighted by atomic mass is 16.5. The van der Waals surface area contributed by atoms with Crippen LogP contribution in [0, 0.1) is 0 Å². The summed E-state index contributed by atoms with van der Waals surface area (Å²) in [5.74, 6) is -0.177. The summed E-state index contributed by atoms with van der Waals surface area (Å²) in [5.41, 5.74) is 5.69. The van der Waals surface area contributed by atoms with Crippen molar-refractivity contribution in [2.45, 2.75) is 25.9 Å². The SMILES string of the molecule is COC(=O)CCc1cccc(CNCc2ccc(-c3cncnc3)cc2)c1. The molecule has 0 saturated heterocycles. The summed E-state index contributed by atoms with van der Waals surface area (Å²) in [7, 11) is 1.42. The van der Waals surface area contributed by atoms with Crippen molar-refractivity contribution in [3.05, 3.63) is 83.9 Å². The standard InChI is InChI=1S/C22H23N3O2/c1-27-22(26)10-7-17-3-2-4-19(11-17)13-23-12-18-5-8-20(9-6-18)21-14-24-16-25-15-21/h2-6,8-9,11,14-16,23H,7,10,12-13H2,1H3. The second-order valence-corrected chi connectivity index (χ2v) is 6.32. The highest BCUT2D eigenvalue weighted by molar-refractivity contribution is 5.69. The molecule has 3 rings (SSSR count). The van der Waals surface area contributed by atoms with E-state index in [1.165, 1.54) is 24.6 Å². The first-order valence-electron chi connectivity index (χ1n) is 8.94. The molecule has 5 nitrogen and oxygen atoms in total. The van der Waals surface area contributed by atoms with E-state index < -0.39 is 0 Å². The minimum atomic E-state index is -0.177. The van der Waals surface area contributed by atoms with Crippen molar-refractivity contribution in [2.24, 2.45) is 0 Å². The van der Waals surface area contributed by atoms with Crippen LogP contribution in [0.5, 0.6) is 0 Å². The van der Waals surface area contributed by atoms with Crippen LogP contribution in [0.15, 0.2) is 67.3 Å². The molecular weight excluding hydrogens is 338 g/mol. The van der Waals surface area contributed by atoms with Crippen LogP contribution in [-0.2, 0) is 29.0 Å². The average Bonchev–Trinajstić information content (AvgIpc) is 2.73. The molecule has 0 saturated carbocycles. The molecule has 3 aromatic rings. The Balaban J connectivity index is 1.50. The quantitative estimate of drug-likeness (QED) is 0.622. The van der Waals surface area contributed by atoms with Gasteiger partial charge in [0.2, 0.25) is 0 Å². The Morgan fingerprint density at radius 3 is 2.37 bits per heavy atom. The zero-order valence-electron chi connectivity index (χ0n) is 15.4. The molecule has 0 aliphatic rings. The van der Waals surface area contributed by atoms with E-state index in [1.807, 2.05) is 24.5 Å². The van der Waals surface area contributed by atoms with Gasteiger partial charge in [-0.1, -0.05) is 48.5 Å². The van der Waals surface area contributed by atoms with Gasteiger partial charge in [0.1, 0.15) is 6.33 Å². The van der Waals surface area contributed by atoms with Crippen LogP contribution in [0.2, 0.25) is 0 Å². The van der Waals surface area contributed by atoms with Gasteiger partial charge in [-0.2, -0.15) is 0 Å². The van der Waals surface area contributed by atoms with E-state index in [1.54, 1.807) is 0 Å². The lowest BCUT2D eigenvalue weighted by Crippen LogP contribution is -2.12. The fraction of sp³-hybridized carbons (Fsp3) is 0.227. The van der Waals surface area contributed by atoms with Gasteiger partial charge in [0.05, 0.1) is 7.11 Å². The summed E-state index contributed by atoms with van der Waals surface area (Å²) in [6.45, 7) is 1.57. The van der Waals surface area contributed by atoms with E-state index in [0.717, 1.165) is 29.8 Å². The number of carbonyl (C=O) groups is 1. The number of aromatic nitrogens is 2. The molecule has 0 fully saturated rings. The van der Waals surface area contributed by atoms with Gasteiger partial charge in [0.15, 0.2) is 0 Å². The molecule has 0 aliphatic carbocycles. The number of aryl methyl sites for hydroxylation is 1. The van der Waals surface area contributed by atoms with Gasteiger partial charge in [0.25, 0.3) is 0 Å². The molecule has 0 atom stereocenters. The predicted molar refractivity (Wildman–Crippen MR) is 105 cm³/mol. The van der Waals surface area contributed by atoms with Gasteiger partial charge in [-0.25, -0.2) is 9.97 Å². The molecule has 138 valence electrons. The Morgan fingerprint density at radius 2 is 1.63 bits per heavy atom. The Kier molecular flexibility index (Phi) is 6.66. The fourth-order valence-electron chi connectivity index (χ4n) is 2.86. The van der Waals surface area contributed by atoms with Crippen LogP contribution in [0.1, 0.15) is 23.1 Å². The molecular formula is C22H23N3O2. The highest BCUT2D eigenvalue weighted by Crippen LogP contribution is 2.17. The third-order valence-corrected chi connectivity index (χ3v) is 4.34. The van der Waals surface area contributed by atoms with Gasteiger partial charge in [0, 0.05) is 37.5 Å². The second kappa shape index (κ2) is 9.59. The van der Waals surface area contributed by atoms with E-state index in [0.29, 0.717) is 12.8 Å². The molecule has 0 radical (unpaired) electrons. The third kappa shape index (κ3) is 5.72. The van der Waals surface area contributed by atoms with Gasteiger partial charge in [-0.05, 0) is 28.7 Å². The van der Waals surface area contributed by atoms with Crippen LogP contribution in [-0.4, -0.2) is 23.0 Å². The van der Waals surface area contributed by atoms with Crippen molar-refractivity contribution in [1.29, 1.82) is 0 Å². The highest BCUT2D eigenvalue weighted by Gasteiger charge is 2.03. The number of methoxy groups -OCH3 is 1. The Bertz CT molecular complexity index is 864. The third-order valence-electron chi connectivity index (χ3n) is 4.34. The first kappa shape index (κ1) is 18.7. The van der Waals surface area contributed by atoms with Crippen LogP contribution in [0.25, 0.3) is 11.1 Å². The van der Waals surface area contributed by atoms with Crippen molar-refractivity contribution in [1.82, 2.24) is 15.3 Å². The number of nitrogens with zero attached hydrogens (tertiary/aromatic N) is 2. The maximum Gasteiger partial charge on any atom is 0.305 e. The summed E-state index contributed by atoms with van der Waals surface area (Å²) in [5, 5.41) is 3.46. The lowest BCUT2D eigenvalue weighted by atomic mass is 10.1. The Hall–Kier alpha value is -3.05. The molecule has 0 bridgehead atoms.